The first-order valence-electron chi connectivity index (χ1n) is 9.26. The van der Waals surface area contributed by atoms with Gasteiger partial charge in [0.15, 0.2) is 0 Å². The quantitative estimate of drug-likeness (QED) is 0.455. The van der Waals surface area contributed by atoms with Gasteiger partial charge >= 0.3 is 5.97 Å². The predicted molar refractivity (Wildman–Crippen MR) is 116 cm³/mol. The minimum atomic E-state index is -0.373. The maximum atomic E-state index is 12.2. The Morgan fingerprint density at radius 1 is 1.07 bits per heavy atom. The summed E-state index contributed by atoms with van der Waals surface area (Å²) in [6.45, 7) is 2.09. The minimum Gasteiger partial charge on any atom is -0.462 e. The van der Waals surface area contributed by atoms with E-state index in [9.17, 15) is 4.79 Å². The van der Waals surface area contributed by atoms with Crippen molar-refractivity contribution in [3.8, 4) is 0 Å². The van der Waals surface area contributed by atoms with Gasteiger partial charge in [-0.2, -0.15) is 4.98 Å². The Morgan fingerprint density at radius 3 is 2.28 bits per heavy atom. The number of carbonyl (C=O) groups excluding carboxylic acids is 1. The van der Waals surface area contributed by atoms with Crippen molar-refractivity contribution < 1.29 is 9.53 Å². The van der Waals surface area contributed by atoms with E-state index in [1.54, 1.807) is 13.0 Å². The second kappa shape index (κ2) is 8.28. The van der Waals surface area contributed by atoms with Crippen LogP contribution in [0.25, 0.3) is 10.2 Å². The van der Waals surface area contributed by atoms with Gasteiger partial charge in [0.05, 0.1) is 18.0 Å². The summed E-state index contributed by atoms with van der Waals surface area (Å²) in [6, 6.07) is 21.8. The monoisotopic (exact) mass is 404 g/mol. The number of benzene rings is 2. The normalized spacial score (nSPS) is 11.0. The topological polar surface area (TPSA) is 90.1 Å². The summed E-state index contributed by atoms with van der Waals surface area (Å²) in [5, 5.41) is 4.24. The molecule has 0 aliphatic rings. The van der Waals surface area contributed by atoms with Crippen LogP contribution < -0.4 is 11.1 Å². The number of anilines is 2. The van der Waals surface area contributed by atoms with Crippen molar-refractivity contribution in [1.82, 2.24) is 9.97 Å². The molecule has 0 unspecified atom stereocenters. The summed E-state index contributed by atoms with van der Waals surface area (Å²) in [5.41, 5.74) is 8.13. The van der Waals surface area contributed by atoms with Crippen molar-refractivity contribution in [2.75, 3.05) is 17.7 Å². The first-order chi connectivity index (χ1) is 14.2. The van der Waals surface area contributed by atoms with Gasteiger partial charge in [-0.1, -0.05) is 60.7 Å². The molecule has 6 nitrogen and oxygen atoms in total. The van der Waals surface area contributed by atoms with Crippen molar-refractivity contribution in [3.05, 3.63) is 82.7 Å². The van der Waals surface area contributed by atoms with Gasteiger partial charge in [0.1, 0.15) is 15.5 Å². The Hall–Kier alpha value is -3.45. The molecular weight excluding hydrogens is 384 g/mol. The van der Waals surface area contributed by atoms with E-state index >= 15 is 0 Å². The van der Waals surface area contributed by atoms with Crippen molar-refractivity contribution in [2.45, 2.75) is 13.0 Å². The Balaban J connectivity index is 1.79. The Morgan fingerprint density at radius 2 is 1.69 bits per heavy atom. The fraction of sp³-hybridized carbons (Fsp3) is 0.136. The Labute approximate surface area is 172 Å². The molecule has 0 aliphatic heterocycles. The highest BCUT2D eigenvalue weighted by molar-refractivity contribution is 7.20. The number of esters is 1. The summed E-state index contributed by atoms with van der Waals surface area (Å²) < 4.78 is 5.12. The molecule has 4 aromatic rings. The second-order valence-electron chi connectivity index (χ2n) is 6.38. The predicted octanol–water partition coefficient (Wildman–Crippen LogP) is 4.65. The van der Waals surface area contributed by atoms with Crippen LogP contribution in [0.5, 0.6) is 0 Å². The zero-order valence-corrected chi connectivity index (χ0v) is 16.6. The molecule has 0 saturated heterocycles. The fourth-order valence-corrected chi connectivity index (χ4v) is 4.07. The number of nitrogens with one attached hydrogen (secondary N) is 1. The van der Waals surface area contributed by atoms with Crippen LogP contribution in [0.15, 0.2) is 66.7 Å². The van der Waals surface area contributed by atoms with Crippen LogP contribution in [-0.2, 0) is 4.74 Å². The average Bonchev–Trinajstić information content (AvgIpc) is 3.17. The molecule has 0 aliphatic carbocycles. The number of aromatic nitrogens is 2. The van der Waals surface area contributed by atoms with Crippen LogP contribution in [0.2, 0.25) is 0 Å². The number of hydrogen-bond donors (Lipinski definition) is 2. The smallest absolute Gasteiger partial charge is 0.348 e. The summed E-state index contributed by atoms with van der Waals surface area (Å²) in [5.74, 6) is 0.358. The van der Waals surface area contributed by atoms with Crippen LogP contribution in [0.3, 0.4) is 0 Å². The molecule has 3 N–H and O–H groups in total. The molecule has 2 heterocycles. The van der Waals surface area contributed by atoms with E-state index in [-0.39, 0.29) is 18.0 Å². The molecule has 2 aromatic heterocycles. The van der Waals surface area contributed by atoms with Gasteiger partial charge < -0.3 is 15.8 Å². The molecule has 29 heavy (non-hydrogen) atoms. The Kier molecular flexibility index (Phi) is 5.39. The Bertz CT molecular complexity index is 1090. The standard InChI is InChI=1S/C22H20N4O2S/c1-2-28-21(27)17-13-16-19(25-22(23)26-20(16)29-17)24-18(14-9-5-3-6-10-14)15-11-7-4-8-12-15/h3-13,18H,2H2,1H3,(H3,23,24,25,26). The van der Waals surface area contributed by atoms with Crippen LogP contribution in [-0.4, -0.2) is 22.5 Å². The van der Waals surface area contributed by atoms with Crippen LogP contribution in [0.4, 0.5) is 11.8 Å². The maximum Gasteiger partial charge on any atom is 0.348 e. The van der Waals surface area contributed by atoms with Gasteiger partial charge in [0, 0.05) is 0 Å². The zero-order valence-electron chi connectivity index (χ0n) is 15.8. The summed E-state index contributed by atoms with van der Waals surface area (Å²) in [4.78, 5) is 22.0. The molecule has 4 rings (SSSR count). The number of fused-ring (bicyclic) bond motifs is 1. The van der Waals surface area contributed by atoms with E-state index in [1.807, 2.05) is 36.4 Å². The van der Waals surface area contributed by atoms with E-state index in [1.165, 1.54) is 11.3 Å². The van der Waals surface area contributed by atoms with Crippen molar-refractivity contribution >= 4 is 39.3 Å². The highest BCUT2D eigenvalue weighted by Gasteiger charge is 2.20. The lowest BCUT2D eigenvalue weighted by molar-refractivity contribution is 0.0532. The number of nitrogens with zero attached hydrogens (tertiary/aromatic N) is 2. The molecule has 7 heteroatoms. The highest BCUT2D eigenvalue weighted by atomic mass is 32.1. The molecule has 0 bridgehead atoms. The molecular formula is C22H20N4O2S. The number of nitrogens with two attached hydrogens (primary N) is 1. The number of hydrogen-bond acceptors (Lipinski definition) is 7. The average molecular weight is 404 g/mol. The van der Waals surface area contributed by atoms with Crippen molar-refractivity contribution in [2.24, 2.45) is 0 Å². The summed E-state index contributed by atoms with van der Waals surface area (Å²) in [7, 11) is 0. The lowest BCUT2D eigenvalue weighted by atomic mass is 9.98. The van der Waals surface area contributed by atoms with Crippen LogP contribution >= 0.6 is 11.3 Å². The van der Waals surface area contributed by atoms with Gasteiger partial charge in [-0.3, -0.25) is 0 Å². The number of ether oxygens (including phenoxy) is 1. The van der Waals surface area contributed by atoms with E-state index in [0.29, 0.717) is 22.1 Å². The first-order valence-corrected chi connectivity index (χ1v) is 10.1. The van der Waals surface area contributed by atoms with Gasteiger partial charge in [0.25, 0.3) is 0 Å². The molecule has 2 aromatic carbocycles. The molecule has 0 atom stereocenters. The molecule has 0 fully saturated rings. The molecule has 146 valence electrons. The van der Waals surface area contributed by atoms with Crippen molar-refractivity contribution in [1.29, 1.82) is 0 Å². The third kappa shape index (κ3) is 4.05. The number of carbonyl (C=O) groups is 1. The number of rotatable bonds is 6. The lowest BCUT2D eigenvalue weighted by Crippen LogP contribution is -2.14. The molecule has 0 radical (unpaired) electrons. The molecule has 0 spiro atoms. The van der Waals surface area contributed by atoms with Gasteiger partial charge in [0.2, 0.25) is 5.95 Å². The van der Waals surface area contributed by atoms with E-state index in [4.69, 9.17) is 10.5 Å². The third-order valence-corrected chi connectivity index (χ3v) is 5.44. The van der Waals surface area contributed by atoms with Gasteiger partial charge in [-0.25, -0.2) is 9.78 Å². The molecule has 0 amide bonds. The number of nitrogen functional groups attached to an aromatic ring is 1. The first kappa shape index (κ1) is 18.9. The molecule has 0 saturated carbocycles. The van der Waals surface area contributed by atoms with E-state index in [0.717, 1.165) is 16.5 Å². The zero-order chi connectivity index (χ0) is 20.2. The van der Waals surface area contributed by atoms with Crippen LogP contribution in [0.1, 0.15) is 33.8 Å². The van der Waals surface area contributed by atoms with Crippen molar-refractivity contribution in [3.63, 3.8) is 0 Å². The number of thiophene rings is 1. The van der Waals surface area contributed by atoms with Crippen LogP contribution in [0, 0.1) is 0 Å². The SMILES string of the molecule is CCOC(=O)c1cc2c(NC(c3ccccc3)c3ccccc3)nc(N)nc2s1. The fourth-order valence-electron chi connectivity index (χ4n) is 3.14. The van der Waals surface area contributed by atoms with E-state index < -0.39 is 0 Å². The maximum absolute atomic E-state index is 12.2. The largest absolute Gasteiger partial charge is 0.462 e. The van der Waals surface area contributed by atoms with E-state index in [2.05, 4.69) is 39.6 Å². The summed E-state index contributed by atoms with van der Waals surface area (Å²) >= 11 is 1.25. The minimum absolute atomic E-state index is 0.138. The third-order valence-electron chi connectivity index (χ3n) is 4.43. The second-order valence-corrected chi connectivity index (χ2v) is 7.41. The highest BCUT2D eigenvalue weighted by Crippen LogP contribution is 2.33. The lowest BCUT2D eigenvalue weighted by Gasteiger charge is -2.21. The van der Waals surface area contributed by atoms with Gasteiger partial charge in [-0.05, 0) is 24.1 Å². The summed E-state index contributed by atoms with van der Waals surface area (Å²) in [6.07, 6.45) is 0. The van der Waals surface area contributed by atoms with Gasteiger partial charge in [-0.15, -0.1) is 11.3 Å².